The zero-order chi connectivity index (χ0) is 22.0. The number of hydrogen-bond acceptors (Lipinski definition) is 6. The summed E-state index contributed by atoms with van der Waals surface area (Å²) in [6.07, 6.45) is 6.82. The molecule has 0 bridgehead atoms. The third-order valence-corrected chi connectivity index (χ3v) is 5.82. The van der Waals surface area contributed by atoms with Crippen LogP contribution in [0.4, 0.5) is 15.9 Å². The van der Waals surface area contributed by atoms with Gasteiger partial charge < -0.3 is 15.4 Å². The van der Waals surface area contributed by atoms with Crippen molar-refractivity contribution >= 4 is 40.4 Å². The van der Waals surface area contributed by atoms with E-state index in [4.69, 9.17) is 39.1 Å². The van der Waals surface area contributed by atoms with Crippen molar-refractivity contribution in [3.63, 3.8) is 0 Å². The average molecular weight is 460 g/mol. The van der Waals surface area contributed by atoms with E-state index < -0.39 is 5.82 Å². The highest BCUT2D eigenvalue weighted by Crippen LogP contribution is 2.29. The number of nitrogens with one attached hydrogen (secondary N) is 1. The highest BCUT2D eigenvalue weighted by atomic mass is 35.5. The Bertz CT molecular complexity index is 1100. The second-order valence-corrected chi connectivity index (χ2v) is 8.03. The fourth-order valence-electron chi connectivity index (χ4n) is 3.44. The molecule has 1 aromatic carbocycles. The number of halogens is 3. The Morgan fingerprint density at radius 1 is 1.13 bits per heavy atom. The van der Waals surface area contributed by atoms with Crippen molar-refractivity contribution < 1.29 is 9.13 Å². The van der Waals surface area contributed by atoms with Crippen molar-refractivity contribution in [1.29, 1.82) is 5.41 Å². The fourth-order valence-corrected chi connectivity index (χ4v) is 3.92. The van der Waals surface area contributed by atoms with Crippen molar-refractivity contribution in [2.45, 2.75) is 19.4 Å². The number of hydrogen-bond donors (Lipinski definition) is 2. The summed E-state index contributed by atoms with van der Waals surface area (Å²) in [7, 11) is 0. The van der Waals surface area contributed by atoms with Gasteiger partial charge in [0, 0.05) is 60.1 Å². The van der Waals surface area contributed by atoms with Gasteiger partial charge in [0.25, 0.3) is 0 Å². The van der Waals surface area contributed by atoms with E-state index in [1.165, 1.54) is 18.5 Å². The molecule has 0 unspecified atom stereocenters. The van der Waals surface area contributed by atoms with Crippen LogP contribution >= 0.6 is 23.2 Å². The molecule has 6 nitrogen and oxygen atoms in total. The summed E-state index contributed by atoms with van der Waals surface area (Å²) in [6.45, 7) is 1.92. The summed E-state index contributed by atoms with van der Waals surface area (Å²) in [5, 5.41) is 9.20. The molecule has 0 spiro atoms. The summed E-state index contributed by atoms with van der Waals surface area (Å²) in [5.74, 6) is 0.189. The molecule has 1 saturated heterocycles. The predicted molar refractivity (Wildman–Crippen MR) is 121 cm³/mol. The maximum atomic E-state index is 14.5. The molecule has 160 valence electrons. The zero-order valence-electron chi connectivity index (χ0n) is 16.5. The highest BCUT2D eigenvalue weighted by Gasteiger charge is 2.17. The molecule has 1 fully saturated rings. The lowest BCUT2D eigenvalue weighted by Gasteiger charge is -2.17. The van der Waals surface area contributed by atoms with Gasteiger partial charge in [-0.2, -0.15) is 0 Å². The number of benzene rings is 1. The normalized spacial score (nSPS) is 13.5. The van der Waals surface area contributed by atoms with E-state index in [1.807, 2.05) is 12.1 Å². The van der Waals surface area contributed by atoms with Gasteiger partial charge in [-0.25, -0.2) is 9.37 Å². The smallest absolute Gasteiger partial charge is 0.167 e. The van der Waals surface area contributed by atoms with Crippen LogP contribution in [0.3, 0.4) is 0 Å². The summed E-state index contributed by atoms with van der Waals surface area (Å²) in [4.78, 5) is 10.6. The Kier molecular flexibility index (Phi) is 6.25. The number of rotatable bonds is 6. The Hall–Kier alpha value is -2.90. The number of nitrogens with zero attached hydrogens (tertiary/aromatic N) is 3. The first kappa shape index (κ1) is 21.3. The molecule has 4 rings (SSSR count). The zero-order valence-corrected chi connectivity index (χ0v) is 18.0. The van der Waals surface area contributed by atoms with E-state index in [9.17, 15) is 4.39 Å². The largest absolute Gasteiger partial charge is 0.486 e. The molecule has 3 aromatic rings. The number of pyridine rings is 2. The second kappa shape index (κ2) is 9.08. The van der Waals surface area contributed by atoms with Gasteiger partial charge >= 0.3 is 0 Å². The van der Waals surface area contributed by atoms with E-state index >= 15 is 0 Å². The van der Waals surface area contributed by atoms with E-state index in [1.54, 1.807) is 6.20 Å². The molecule has 0 atom stereocenters. The first-order chi connectivity index (χ1) is 14.9. The lowest BCUT2D eigenvalue weighted by atomic mass is 10.0. The molecule has 31 heavy (non-hydrogen) atoms. The molecular formula is C22H20Cl2FN5O. The monoisotopic (exact) mass is 459 g/mol. The van der Waals surface area contributed by atoms with Gasteiger partial charge in [-0.05, 0) is 31.0 Å². The predicted octanol–water partition coefficient (Wildman–Crippen LogP) is 5.10. The Morgan fingerprint density at radius 2 is 1.84 bits per heavy atom. The molecule has 0 amide bonds. The van der Waals surface area contributed by atoms with Gasteiger partial charge in [-0.3, -0.25) is 10.4 Å². The van der Waals surface area contributed by atoms with Crippen LogP contribution < -0.4 is 15.4 Å². The lowest BCUT2D eigenvalue weighted by Crippen LogP contribution is -2.19. The summed E-state index contributed by atoms with van der Waals surface area (Å²) in [6, 6.07) is 6.26. The van der Waals surface area contributed by atoms with Crippen molar-refractivity contribution in [2.24, 2.45) is 0 Å². The molecule has 3 heterocycles. The Balaban J connectivity index is 1.56. The van der Waals surface area contributed by atoms with Crippen LogP contribution in [-0.2, 0) is 6.61 Å². The molecule has 0 radical (unpaired) electrons. The van der Waals surface area contributed by atoms with Crippen molar-refractivity contribution in [2.75, 3.05) is 23.7 Å². The third kappa shape index (κ3) is 4.57. The van der Waals surface area contributed by atoms with Gasteiger partial charge in [0.1, 0.15) is 12.4 Å². The number of nitrogens with two attached hydrogens (primary N) is 1. The molecule has 3 N–H and O–H groups in total. The summed E-state index contributed by atoms with van der Waals surface area (Å²) >= 11 is 12.2. The average Bonchev–Trinajstić information content (AvgIpc) is 3.29. The van der Waals surface area contributed by atoms with Crippen LogP contribution in [0.1, 0.15) is 29.5 Å². The van der Waals surface area contributed by atoms with Crippen LogP contribution in [0.15, 0.2) is 42.9 Å². The van der Waals surface area contributed by atoms with Crippen LogP contribution in [0.5, 0.6) is 5.75 Å². The van der Waals surface area contributed by atoms with Gasteiger partial charge in [0.15, 0.2) is 11.6 Å². The Labute approximate surface area is 189 Å². The molecule has 0 aliphatic carbocycles. The van der Waals surface area contributed by atoms with Crippen LogP contribution in [0.2, 0.25) is 10.0 Å². The summed E-state index contributed by atoms with van der Waals surface area (Å²) < 4.78 is 20.1. The molecule has 2 aromatic heterocycles. The SMILES string of the molecule is N=C(c1ccc(N2CCCC2)nc1)c1cc(OCc2c(Cl)cncc2Cl)c(F)cc1N. The van der Waals surface area contributed by atoms with Gasteiger partial charge in [0.05, 0.1) is 15.8 Å². The van der Waals surface area contributed by atoms with Gasteiger partial charge in [-0.15, -0.1) is 0 Å². The number of nitrogen functional groups attached to an aromatic ring is 1. The first-order valence-corrected chi connectivity index (χ1v) is 10.5. The van der Waals surface area contributed by atoms with E-state index in [0.29, 0.717) is 26.7 Å². The van der Waals surface area contributed by atoms with Crippen molar-refractivity contribution in [1.82, 2.24) is 9.97 Å². The maximum absolute atomic E-state index is 14.5. The quantitative estimate of drug-likeness (QED) is 0.395. The third-order valence-electron chi connectivity index (χ3n) is 5.16. The van der Waals surface area contributed by atoms with Crippen LogP contribution in [0.25, 0.3) is 0 Å². The molecule has 1 aliphatic heterocycles. The molecule has 9 heteroatoms. The Morgan fingerprint density at radius 3 is 2.48 bits per heavy atom. The maximum Gasteiger partial charge on any atom is 0.167 e. The van der Waals surface area contributed by atoms with E-state index in [0.717, 1.165) is 37.8 Å². The standard InChI is InChI=1S/C22H20Cl2FN5O/c23-16-10-28-11-17(24)15(16)12-31-20-7-14(19(26)8-18(20)25)22(27)13-3-4-21(29-9-13)30-5-1-2-6-30/h3-4,7-11,27H,1-2,5-6,12,26H2. The van der Waals surface area contributed by atoms with Crippen molar-refractivity contribution in [3.8, 4) is 5.75 Å². The summed E-state index contributed by atoms with van der Waals surface area (Å²) in [5.41, 5.74) is 7.68. The minimum Gasteiger partial charge on any atom is -0.486 e. The molecule has 0 saturated carbocycles. The number of anilines is 2. The molecule has 1 aliphatic rings. The number of ether oxygens (including phenoxy) is 1. The second-order valence-electron chi connectivity index (χ2n) is 7.21. The first-order valence-electron chi connectivity index (χ1n) is 9.74. The highest BCUT2D eigenvalue weighted by molar-refractivity contribution is 6.35. The minimum absolute atomic E-state index is 0.0557. The minimum atomic E-state index is -0.641. The van der Waals surface area contributed by atoms with E-state index in [2.05, 4.69) is 14.9 Å². The van der Waals surface area contributed by atoms with E-state index in [-0.39, 0.29) is 23.8 Å². The molecular weight excluding hydrogens is 440 g/mol. The van der Waals surface area contributed by atoms with Gasteiger partial charge in [0.2, 0.25) is 0 Å². The van der Waals surface area contributed by atoms with Crippen LogP contribution in [0, 0.1) is 11.2 Å². The lowest BCUT2D eigenvalue weighted by molar-refractivity contribution is 0.290. The van der Waals surface area contributed by atoms with Crippen molar-refractivity contribution in [3.05, 3.63) is 75.4 Å². The fraction of sp³-hybridized carbons (Fsp3) is 0.227. The topological polar surface area (TPSA) is 88.1 Å². The number of aromatic nitrogens is 2. The van der Waals surface area contributed by atoms with Crippen LogP contribution in [-0.4, -0.2) is 28.8 Å². The van der Waals surface area contributed by atoms with Gasteiger partial charge in [-0.1, -0.05) is 23.2 Å².